The van der Waals surface area contributed by atoms with Crippen LogP contribution in [0.5, 0.6) is 5.75 Å². The van der Waals surface area contributed by atoms with Gasteiger partial charge in [0.05, 0.1) is 17.3 Å². The van der Waals surface area contributed by atoms with Crippen molar-refractivity contribution in [3.8, 4) is 17.0 Å². The second kappa shape index (κ2) is 9.57. The maximum Gasteiger partial charge on any atom is 0.188 e. The van der Waals surface area contributed by atoms with E-state index in [0.29, 0.717) is 16.9 Å². The van der Waals surface area contributed by atoms with E-state index in [0.717, 1.165) is 30.3 Å². The van der Waals surface area contributed by atoms with Crippen LogP contribution in [0.15, 0.2) is 48.7 Å². The summed E-state index contributed by atoms with van der Waals surface area (Å²) in [7, 11) is 3.56. The summed E-state index contributed by atoms with van der Waals surface area (Å²) in [4.78, 5) is 8.43. The van der Waals surface area contributed by atoms with Gasteiger partial charge >= 0.3 is 0 Å². The number of ether oxygens (including phenoxy) is 1. The van der Waals surface area contributed by atoms with Crippen molar-refractivity contribution in [2.24, 2.45) is 14.1 Å². The summed E-state index contributed by atoms with van der Waals surface area (Å²) in [6.45, 7) is 2.00. The van der Waals surface area contributed by atoms with Crippen LogP contribution in [0.4, 0.5) is 16.2 Å². The Labute approximate surface area is 179 Å². The van der Waals surface area contributed by atoms with Gasteiger partial charge in [-0.25, -0.2) is 4.98 Å². The van der Waals surface area contributed by atoms with E-state index in [1.807, 2.05) is 43.4 Å². The van der Waals surface area contributed by atoms with Gasteiger partial charge in [-0.1, -0.05) is 30.3 Å². The van der Waals surface area contributed by atoms with Crippen molar-refractivity contribution in [1.29, 1.82) is 0 Å². The Balaban J connectivity index is 0.000000334. The van der Waals surface area contributed by atoms with E-state index >= 15 is 0 Å². The number of aromatic nitrogens is 5. The molecule has 4 aromatic rings. The van der Waals surface area contributed by atoms with Crippen molar-refractivity contribution in [3.05, 3.63) is 48.7 Å². The number of pyridine rings is 1. The topological polar surface area (TPSA) is 79.0 Å². The molecule has 1 aromatic carbocycles. The summed E-state index contributed by atoms with van der Waals surface area (Å²) < 4.78 is 21.2. The minimum atomic E-state index is 0.0612. The molecule has 8 nitrogen and oxygen atoms in total. The number of rotatable bonds is 4. The molecule has 162 valence electrons. The molecule has 4 heterocycles. The predicted molar refractivity (Wildman–Crippen MR) is 117 cm³/mol. The van der Waals surface area contributed by atoms with Gasteiger partial charge in [0.1, 0.15) is 11.6 Å². The Morgan fingerprint density at radius 3 is 2.45 bits per heavy atom. The molecule has 9 heteroatoms. The van der Waals surface area contributed by atoms with Gasteiger partial charge in [-0.05, 0) is 19.3 Å². The van der Waals surface area contributed by atoms with Crippen molar-refractivity contribution in [1.82, 2.24) is 24.5 Å². The summed E-state index contributed by atoms with van der Waals surface area (Å²) in [6, 6.07) is 13.2. The number of nitrogens with one attached hydrogen (secondary N) is 1. The molecule has 0 atom stereocenters. The first-order valence-electron chi connectivity index (χ1n) is 10.2. The Morgan fingerprint density at radius 1 is 1.03 bits per heavy atom. The van der Waals surface area contributed by atoms with Gasteiger partial charge in [0.15, 0.2) is 11.4 Å². The van der Waals surface area contributed by atoms with E-state index in [2.05, 4.69) is 25.4 Å². The molecule has 0 bridgehead atoms. The van der Waals surface area contributed by atoms with Gasteiger partial charge in [-0.2, -0.15) is 10.2 Å². The van der Waals surface area contributed by atoms with Crippen LogP contribution in [-0.4, -0.2) is 37.8 Å². The molecular weight excluding hydrogens is 399 g/mol. The number of anilines is 2. The summed E-state index contributed by atoms with van der Waals surface area (Å²) in [5.74, 6) is 1.22. The number of hydrogen-bond acceptors (Lipinski definition) is 6. The monoisotopic (exact) mass is 424 g/mol. The summed E-state index contributed by atoms with van der Waals surface area (Å²) in [5.41, 5.74) is 2.35. The molecule has 0 radical (unpaired) electrons. The lowest BCUT2D eigenvalue weighted by molar-refractivity contribution is -0.00422. The van der Waals surface area contributed by atoms with E-state index in [4.69, 9.17) is 4.74 Å². The summed E-state index contributed by atoms with van der Waals surface area (Å²) >= 11 is 0. The number of fused-ring (bicyclic) bond motifs is 1. The number of benzene rings is 1. The molecule has 0 saturated carbocycles. The maximum atomic E-state index is 12.9. The van der Waals surface area contributed by atoms with Gasteiger partial charge < -0.3 is 10.1 Å². The van der Waals surface area contributed by atoms with Crippen molar-refractivity contribution < 1.29 is 14.2 Å². The van der Waals surface area contributed by atoms with Crippen LogP contribution in [0.25, 0.3) is 22.3 Å². The fourth-order valence-electron chi connectivity index (χ4n) is 3.37. The molecule has 0 amide bonds. The second-order valence-corrected chi connectivity index (χ2v) is 7.29. The lowest BCUT2D eigenvalue weighted by Gasteiger charge is -2.08. The van der Waals surface area contributed by atoms with E-state index in [9.17, 15) is 4.53 Å². The minimum absolute atomic E-state index is 0.0612. The average molecular weight is 424 g/mol. The fourth-order valence-corrected chi connectivity index (χ4v) is 3.37. The molecule has 0 spiro atoms. The summed E-state index contributed by atoms with van der Waals surface area (Å²) in [5, 5.41) is 12.2. The first-order valence-corrected chi connectivity index (χ1v) is 10.2. The largest absolute Gasteiger partial charge is 0.381 e. The van der Waals surface area contributed by atoms with E-state index in [-0.39, 0.29) is 5.75 Å². The highest BCUT2D eigenvalue weighted by atomic mass is 19.3. The molecule has 1 aliphatic heterocycles. The molecule has 1 fully saturated rings. The van der Waals surface area contributed by atoms with Gasteiger partial charge in [0.2, 0.25) is 0 Å². The van der Waals surface area contributed by atoms with E-state index in [1.165, 1.54) is 31.5 Å². The van der Waals surface area contributed by atoms with Crippen LogP contribution in [0.1, 0.15) is 19.3 Å². The van der Waals surface area contributed by atoms with E-state index < -0.39 is 0 Å². The van der Waals surface area contributed by atoms with Gasteiger partial charge in [-0.3, -0.25) is 14.3 Å². The molecule has 0 unspecified atom stereocenters. The third-order valence-corrected chi connectivity index (χ3v) is 5.03. The Kier molecular flexibility index (Phi) is 6.42. The van der Waals surface area contributed by atoms with Crippen LogP contribution < -0.4 is 10.3 Å². The maximum absolute atomic E-state index is 12.9. The van der Waals surface area contributed by atoms with Gasteiger partial charge in [0.25, 0.3) is 0 Å². The highest BCUT2D eigenvalue weighted by Gasteiger charge is 2.14. The van der Waals surface area contributed by atoms with Crippen molar-refractivity contribution >= 4 is 22.7 Å². The molecule has 5 rings (SSSR count). The highest BCUT2D eigenvalue weighted by molar-refractivity contribution is 5.84. The SMILES string of the molecule is C1CCOCC1.Cn1nc(-c2ccccc2)cc1Nc1cc(OF)c2cnn(C)c2n1. The third-order valence-electron chi connectivity index (χ3n) is 5.03. The average Bonchev–Trinajstić information content (AvgIpc) is 3.38. The second-order valence-electron chi connectivity index (χ2n) is 7.29. The predicted octanol–water partition coefficient (Wildman–Crippen LogP) is 4.56. The third kappa shape index (κ3) is 4.83. The van der Waals surface area contributed by atoms with Crippen LogP contribution in [0.2, 0.25) is 0 Å². The molecule has 31 heavy (non-hydrogen) atoms. The first-order chi connectivity index (χ1) is 15.2. The Morgan fingerprint density at radius 2 is 1.81 bits per heavy atom. The molecule has 1 saturated heterocycles. The Bertz CT molecular complexity index is 1130. The minimum Gasteiger partial charge on any atom is -0.381 e. The number of nitrogens with zero attached hydrogens (tertiary/aromatic N) is 5. The standard InChI is InChI=1S/C17H15FN6O.C5H10O/c1-23-16(8-13(22-23)11-6-4-3-5-7-11)20-15-9-14(25-18)12-10-19-24(2)17(12)21-15;1-2-4-6-5-3-1/h3-10H,1-2H3,(H,20,21);1-5H2. The van der Waals surface area contributed by atoms with Crippen LogP contribution >= 0.6 is 0 Å². The lowest BCUT2D eigenvalue weighted by atomic mass is 10.2. The van der Waals surface area contributed by atoms with Crippen molar-refractivity contribution in [3.63, 3.8) is 0 Å². The Hall–Kier alpha value is -3.46. The van der Waals surface area contributed by atoms with Crippen molar-refractivity contribution in [2.45, 2.75) is 19.3 Å². The van der Waals surface area contributed by atoms with E-state index in [1.54, 1.807) is 16.4 Å². The summed E-state index contributed by atoms with van der Waals surface area (Å²) in [6.07, 6.45) is 5.44. The lowest BCUT2D eigenvalue weighted by Crippen LogP contribution is -2.03. The van der Waals surface area contributed by atoms with Gasteiger partial charge in [-0.15, -0.1) is 0 Å². The molecule has 1 N–H and O–H groups in total. The van der Waals surface area contributed by atoms with Crippen LogP contribution in [-0.2, 0) is 18.8 Å². The highest BCUT2D eigenvalue weighted by Crippen LogP contribution is 2.29. The zero-order chi connectivity index (χ0) is 21.6. The normalized spacial score (nSPS) is 13.5. The molecule has 1 aliphatic rings. The number of hydrogen-bond donors (Lipinski definition) is 1. The molecule has 3 aromatic heterocycles. The number of halogens is 1. The molecule has 0 aliphatic carbocycles. The van der Waals surface area contributed by atoms with Crippen LogP contribution in [0.3, 0.4) is 0 Å². The smallest absolute Gasteiger partial charge is 0.188 e. The van der Waals surface area contributed by atoms with Gasteiger partial charge in [0, 0.05) is 49.5 Å². The fraction of sp³-hybridized carbons (Fsp3) is 0.318. The quantitative estimate of drug-likeness (QED) is 0.517. The number of aryl methyl sites for hydroxylation is 2. The zero-order valence-corrected chi connectivity index (χ0v) is 17.6. The van der Waals surface area contributed by atoms with Crippen LogP contribution in [0, 0.1) is 0 Å². The zero-order valence-electron chi connectivity index (χ0n) is 17.6. The van der Waals surface area contributed by atoms with Crippen molar-refractivity contribution in [2.75, 3.05) is 18.5 Å². The molecular formula is C22H25FN6O2. The first kappa shape index (κ1) is 20.8.